The van der Waals surface area contributed by atoms with E-state index in [1.165, 1.54) is 46.9 Å². The number of aliphatic hydroxyl groups is 1. The highest BCUT2D eigenvalue weighted by molar-refractivity contribution is 9.10. The molecule has 2 fully saturated rings. The van der Waals surface area contributed by atoms with Crippen molar-refractivity contribution in [2.45, 2.75) is 50.5 Å². The van der Waals surface area contributed by atoms with Crippen molar-refractivity contribution < 1.29 is 56.4 Å². The van der Waals surface area contributed by atoms with Crippen molar-refractivity contribution in [2.75, 3.05) is 59.1 Å². The topological polar surface area (TPSA) is 200 Å². The van der Waals surface area contributed by atoms with Gasteiger partial charge in [-0.25, -0.2) is 41.9 Å². The summed E-state index contributed by atoms with van der Waals surface area (Å²) in [7, 11) is 0. The van der Waals surface area contributed by atoms with Crippen LogP contribution >= 0.6 is 50.2 Å². The second-order valence-corrected chi connectivity index (χ2v) is 18.5. The number of ether oxygens (including phenoxy) is 3. The Morgan fingerprint density at radius 3 is 1.78 bits per heavy atom. The Hall–Kier alpha value is -5.14. The Kier molecular flexibility index (Phi) is 17.1. The molecule has 8 rings (SSSR count). The van der Waals surface area contributed by atoms with Crippen molar-refractivity contribution in [3.05, 3.63) is 124 Å². The molecule has 0 radical (unpaired) electrons. The lowest BCUT2D eigenvalue weighted by molar-refractivity contribution is -0.145. The summed E-state index contributed by atoms with van der Waals surface area (Å²) < 4.78 is 72.3. The first-order chi connectivity index (χ1) is 32.6. The van der Waals surface area contributed by atoms with Crippen LogP contribution < -0.4 is 10.6 Å². The number of aliphatic hydroxyl groups excluding tert-OH is 1. The fourth-order valence-corrected chi connectivity index (χ4v) is 9.82. The molecule has 4 aliphatic rings. The number of alkyl halides is 2. The molecule has 6 heterocycles. The van der Waals surface area contributed by atoms with Crippen LogP contribution in [0.5, 0.6) is 0 Å². The number of nitrogens with one attached hydrogen (secondary N) is 2. The van der Waals surface area contributed by atoms with Gasteiger partial charge < -0.3 is 35.1 Å². The zero-order valence-corrected chi connectivity index (χ0v) is 40.2. The smallest absolute Gasteiger partial charge is 0.338 e. The monoisotopic (exact) mass is 1070 g/mol. The second-order valence-electron chi connectivity index (χ2n) is 15.5. The van der Waals surface area contributed by atoms with Crippen LogP contribution in [0.3, 0.4) is 0 Å². The molecule has 362 valence electrons. The molecule has 4 N–H and O–H groups in total. The van der Waals surface area contributed by atoms with Crippen LogP contribution in [0.2, 0.25) is 5.02 Å². The fourth-order valence-electron chi connectivity index (χ4n) is 7.80. The van der Waals surface area contributed by atoms with E-state index in [-0.39, 0.29) is 68.7 Å². The summed E-state index contributed by atoms with van der Waals surface area (Å²) in [4.78, 5) is 58.4. The predicted molar refractivity (Wildman–Crippen MR) is 248 cm³/mol. The van der Waals surface area contributed by atoms with Crippen LogP contribution in [0.4, 0.5) is 17.6 Å². The van der Waals surface area contributed by atoms with Gasteiger partial charge >= 0.3 is 17.9 Å². The number of carboxylic acid groups (broad SMARTS) is 1. The molecule has 24 heteroatoms. The van der Waals surface area contributed by atoms with Gasteiger partial charge in [-0.3, -0.25) is 19.8 Å². The van der Waals surface area contributed by atoms with E-state index < -0.39 is 72.8 Å². The number of nitrogens with zero attached hydrogens (tertiary/aromatic N) is 6. The number of aliphatic imine (C=N–C) groups is 2. The fraction of sp³-hybridized carbons (Fsp3) is 0.386. The minimum atomic E-state index is -1.41. The van der Waals surface area contributed by atoms with Gasteiger partial charge in [0.1, 0.15) is 48.8 Å². The summed E-state index contributed by atoms with van der Waals surface area (Å²) in [5, 5.41) is 29.8. The summed E-state index contributed by atoms with van der Waals surface area (Å²) in [6.45, 7) is 3.53. The Bertz CT molecular complexity index is 2600. The molecule has 68 heavy (non-hydrogen) atoms. The highest BCUT2D eigenvalue weighted by Gasteiger charge is 2.40. The van der Waals surface area contributed by atoms with Crippen molar-refractivity contribution >= 4 is 79.8 Å². The number of likely N-dealkylation sites (tertiary alicyclic amines) is 2. The highest BCUT2D eigenvalue weighted by Crippen LogP contribution is 2.39. The van der Waals surface area contributed by atoms with Crippen LogP contribution in [0, 0.1) is 11.6 Å². The normalized spacial score (nSPS) is 23.0. The van der Waals surface area contributed by atoms with Gasteiger partial charge in [-0.1, -0.05) is 39.7 Å². The quantitative estimate of drug-likeness (QED) is 0.0806. The van der Waals surface area contributed by atoms with Gasteiger partial charge in [-0.05, 0) is 43.7 Å². The van der Waals surface area contributed by atoms with Gasteiger partial charge in [-0.15, -0.1) is 22.7 Å². The molecular formula is C44H44BrClF4N8O8S2. The summed E-state index contributed by atoms with van der Waals surface area (Å²) >= 11 is 12.4. The van der Waals surface area contributed by atoms with E-state index in [0.29, 0.717) is 48.7 Å². The molecule has 4 aliphatic heterocycles. The second kappa shape index (κ2) is 23.0. The minimum absolute atomic E-state index is 0.0305. The maximum absolute atomic E-state index is 14.6. The number of aromatic nitrogens is 2. The summed E-state index contributed by atoms with van der Waals surface area (Å²) in [6, 6.07) is 6.25. The van der Waals surface area contributed by atoms with Gasteiger partial charge in [-0.2, -0.15) is 0 Å². The Balaban J connectivity index is 0.000000203. The molecule has 16 nitrogen and oxygen atoms in total. The number of β-amino-alcohol motifs (C(OH)–C–C–N with tert-alkyl or cyclic N) is 1. The number of carboxylic acids is 1. The van der Waals surface area contributed by atoms with Gasteiger partial charge in [0.05, 0.1) is 30.5 Å². The average Bonchev–Trinajstić information content (AvgIpc) is 4.13. The first kappa shape index (κ1) is 50.7. The lowest BCUT2D eigenvalue weighted by Gasteiger charge is -2.29. The lowest BCUT2D eigenvalue weighted by atomic mass is 9.95. The van der Waals surface area contributed by atoms with E-state index in [9.17, 15) is 37.1 Å². The van der Waals surface area contributed by atoms with Gasteiger partial charge in [0.2, 0.25) is 0 Å². The number of thiazole rings is 2. The van der Waals surface area contributed by atoms with Crippen molar-refractivity contribution in [3.63, 3.8) is 0 Å². The molecule has 4 unspecified atom stereocenters. The third-order valence-corrected chi connectivity index (χ3v) is 13.4. The maximum Gasteiger partial charge on any atom is 0.338 e. The molecule has 0 aliphatic carbocycles. The van der Waals surface area contributed by atoms with E-state index in [4.69, 9.17) is 35.9 Å². The zero-order valence-electron chi connectivity index (χ0n) is 36.2. The average molecular weight is 1070 g/mol. The van der Waals surface area contributed by atoms with E-state index in [2.05, 4.69) is 41.5 Å². The molecule has 4 aromatic rings. The molecule has 2 aromatic heterocycles. The van der Waals surface area contributed by atoms with Crippen LogP contribution in [-0.4, -0.2) is 143 Å². The van der Waals surface area contributed by atoms with E-state index >= 15 is 0 Å². The first-order valence-corrected chi connectivity index (χ1v) is 24.0. The zero-order chi connectivity index (χ0) is 48.6. The molecule has 2 aromatic carbocycles. The van der Waals surface area contributed by atoms with Gasteiger partial charge in [0.25, 0.3) is 0 Å². The number of hydrogen-bond acceptors (Lipinski definition) is 17. The van der Waals surface area contributed by atoms with E-state index in [1.54, 1.807) is 52.9 Å². The Labute approximate surface area is 408 Å². The highest BCUT2D eigenvalue weighted by atomic mass is 79.9. The Morgan fingerprint density at radius 1 is 0.794 bits per heavy atom. The third kappa shape index (κ3) is 12.2. The van der Waals surface area contributed by atoms with Gasteiger partial charge in [0.15, 0.2) is 21.7 Å². The van der Waals surface area contributed by atoms with E-state index in [1.807, 2.05) is 0 Å². The number of rotatable bonds is 15. The molecule has 2 saturated heterocycles. The third-order valence-electron chi connectivity index (χ3n) is 10.8. The standard InChI is InChI=1S/C23H23ClF2N4O5S.C21H21BrF2N4O3S/c1-2-34-23(33)19-16(9-30-8-15(26)17(10-30)35-11-18(31)32)28-21(22-27-5-6-36-22)29-20(19)13-4-3-12(25)7-14(13)24;1-2-31-21(30)17-15(9-28-8-14(24)16(29)10-28)26-19(20-25-5-6-32-20)27-18(17)12-4-3-11(23)7-13(12)22/h3-7,15,17,20H,2,8-11H2,1H3,(H,28,29)(H,31,32);3-7,14,16,18,29H,2,8-10H2,1H3,(H,26,27)/t15-,17+,20?;/m0./s1. The summed E-state index contributed by atoms with van der Waals surface area (Å²) in [5.74, 6) is -2.57. The van der Waals surface area contributed by atoms with E-state index in [0.717, 1.165) is 6.07 Å². The largest absolute Gasteiger partial charge is 0.480 e. The number of aliphatic carboxylic acids is 1. The van der Waals surface area contributed by atoms with Crippen LogP contribution in [0.1, 0.15) is 47.1 Å². The Morgan fingerprint density at radius 2 is 1.31 bits per heavy atom. The molecule has 6 atom stereocenters. The minimum Gasteiger partial charge on any atom is -0.480 e. The summed E-state index contributed by atoms with van der Waals surface area (Å²) in [6.07, 6.45) is -1.53. The van der Waals surface area contributed by atoms with Crippen LogP contribution in [0.15, 0.2) is 96.5 Å². The van der Waals surface area contributed by atoms with Crippen LogP contribution in [-0.2, 0) is 28.6 Å². The van der Waals surface area contributed by atoms with Crippen LogP contribution in [0.25, 0.3) is 0 Å². The van der Waals surface area contributed by atoms with Gasteiger partial charge in [0, 0.05) is 88.9 Å². The van der Waals surface area contributed by atoms with Crippen molar-refractivity contribution in [2.24, 2.45) is 9.98 Å². The number of halogens is 6. The number of carbonyl (C=O) groups is 3. The molecule has 0 bridgehead atoms. The number of amidine groups is 2. The lowest BCUT2D eigenvalue weighted by Crippen LogP contribution is -2.39. The SMILES string of the molecule is CCOC(=O)C1=C(CN2CC(O)C(F)C2)NC(c2nccs2)=NC1c1ccc(F)cc1Br.CCOC(=O)C1=C(CN2C[C@H](F)[C@H](OCC(=O)O)C2)NC(c2nccs2)=NC1c1ccc(F)cc1Cl. The number of esters is 2. The molecule has 0 spiro atoms. The number of hydrogen-bond donors (Lipinski definition) is 4. The maximum atomic E-state index is 14.6. The van der Waals surface area contributed by atoms with Crippen molar-refractivity contribution in [1.29, 1.82) is 0 Å². The molecule has 0 amide bonds. The number of carbonyl (C=O) groups excluding carboxylic acids is 2. The number of benzene rings is 2. The molecular weight excluding hydrogens is 1020 g/mol. The molecule has 0 saturated carbocycles. The summed E-state index contributed by atoms with van der Waals surface area (Å²) in [5.41, 5.74) is 2.23. The van der Waals surface area contributed by atoms with Crippen molar-refractivity contribution in [1.82, 2.24) is 30.4 Å². The van der Waals surface area contributed by atoms with Crippen molar-refractivity contribution in [3.8, 4) is 0 Å². The first-order valence-electron chi connectivity index (χ1n) is 21.1. The predicted octanol–water partition coefficient (Wildman–Crippen LogP) is 5.94.